The molecule has 6 aromatic rings. The van der Waals surface area contributed by atoms with Gasteiger partial charge in [-0.1, -0.05) is 12.2 Å². The molecule has 1 aliphatic heterocycles. The van der Waals surface area contributed by atoms with Crippen molar-refractivity contribution in [2.45, 2.75) is 58.8 Å². The Morgan fingerprint density at radius 3 is 1.79 bits per heavy atom. The molecule has 61 heavy (non-hydrogen) atoms. The second kappa shape index (κ2) is 18.4. The highest BCUT2D eigenvalue weighted by molar-refractivity contribution is 7.99. The monoisotopic (exact) mass is 851 g/mol. The van der Waals surface area contributed by atoms with Gasteiger partial charge >= 0.3 is 0 Å². The number of allylic oxidation sites excluding steroid dienone is 2. The number of hydrogen-bond acceptors (Lipinski definition) is 12. The fourth-order valence-electron chi connectivity index (χ4n) is 7.30. The minimum atomic E-state index is -0.658. The van der Waals surface area contributed by atoms with Gasteiger partial charge in [-0.2, -0.15) is 10.2 Å². The zero-order valence-electron chi connectivity index (χ0n) is 34.7. The lowest BCUT2D eigenvalue weighted by molar-refractivity contribution is 0.0410. The van der Waals surface area contributed by atoms with Crippen molar-refractivity contribution >= 4 is 69.4 Å². The number of carbonyl (C=O) groups is 4. The number of aromatic nitrogens is 8. The molecule has 320 valence electrons. The molecular formula is C41H49N13O6S. The molecule has 0 spiro atoms. The largest absolute Gasteiger partial charge is 0.494 e. The highest BCUT2D eigenvalue weighted by Crippen LogP contribution is 2.34. The van der Waals surface area contributed by atoms with E-state index in [0.717, 1.165) is 30.3 Å². The molecule has 1 fully saturated rings. The molecule has 19 nitrogen and oxygen atoms in total. The summed E-state index contributed by atoms with van der Waals surface area (Å²) in [7, 11) is 1.47. The number of methoxy groups -OCH3 is 1. The fourth-order valence-corrected chi connectivity index (χ4v) is 8.43. The van der Waals surface area contributed by atoms with Gasteiger partial charge in [0.25, 0.3) is 11.8 Å². The number of aryl methyl sites for hydroxylation is 4. The molecule has 1 aliphatic rings. The Balaban J connectivity index is 1.26. The minimum absolute atomic E-state index is 0.193. The van der Waals surface area contributed by atoms with Crippen molar-refractivity contribution in [3.05, 3.63) is 82.5 Å². The molecular weight excluding hydrogens is 803 g/mol. The number of nitrogens with zero attached hydrogens (tertiary/aromatic N) is 9. The molecule has 5 heterocycles. The van der Waals surface area contributed by atoms with Crippen molar-refractivity contribution in [3.8, 4) is 5.75 Å². The van der Waals surface area contributed by atoms with Crippen LogP contribution in [-0.4, -0.2) is 113 Å². The van der Waals surface area contributed by atoms with Gasteiger partial charge in [0.15, 0.2) is 0 Å². The van der Waals surface area contributed by atoms with Crippen LogP contribution in [0.25, 0.3) is 22.1 Å². The second-order valence-corrected chi connectivity index (χ2v) is 15.5. The predicted octanol–water partition coefficient (Wildman–Crippen LogP) is 3.83. The number of morpholine rings is 1. The number of benzene rings is 2. The van der Waals surface area contributed by atoms with E-state index in [9.17, 15) is 19.2 Å². The van der Waals surface area contributed by atoms with Crippen LogP contribution >= 0.6 is 11.8 Å². The Morgan fingerprint density at radius 2 is 1.28 bits per heavy atom. The van der Waals surface area contributed by atoms with E-state index in [2.05, 4.69) is 25.7 Å². The average Bonchev–Trinajstić information content (AvgIpc) is 4.01. The molecule has 0 atom stereocenters. The highest BCUT2D eigenvalue weighted by Gasteiger charge is 2.24. The molecule has 4 amide bonds. The number of nitrogens with one attached hydrogen (secondary N) is 2. The molecule has 0 bridgehead atoms. The van der Waals surface area contributed by atoms with Crippen LogP contribution in [0, 0.1) is 13.8 Å². The summed E-state index contributed by atoms with van der Waals surface area (Å²) in [4.78, 5) is 65.0. The maximum atomic E-state index is 13.8. The van der Waals surface area contributed by atoms with Crippen molar-refractivity contribution in [3.63, 3.8) is 0 Å². The minimum Gasteiger partial charge on any atom is -0.494 e. The van der Waals surface area contributed by atoms with Gasteiger partial charge < -0.3 is 30.1 Å². The number of ether oxygens (including phenoxy) is 2. The Hall–Kier alpha value is -6.51. The van der Waals surface area contributed by atoms with Gasteiger partial charge in [-0.25, -0.2) is 9.97 Å². The molecule has 6 N–H and O–H groups in total. The number of nitrogens with two attached hydrogens (primary N) is 2. The van der Waals surface area contributed by atoms with E-state index in [-0.39, 0.29) is 30.5 Å². The Kier molecular flexibility index (Phi) is 12.9. The van der Waals surface area contributed by atoms with Crippen LogP contribution in [-0.2, 0) is 30.9 Å². The summed E-state index contributed by atoms with van der Waals surface area (Å²) in [5.74, 6) is -0.563. The van der Waals surface area contributed by atoms with E-state index in [0.29, 0.717) is 82.5 Å². The van der Waals surface area contributed by atoms with Crippen LogP contribution in [0.5, 0.6) is 5.75 Å². The van der Waals surface area contributed by atoms with Crippen LogP contribution in [0.1, 0.15) is 66.9 Å². The molecule has 2 aromatic carbocycles. The standard InChI is InChI=1S/C41H49N13O6S/c1-6-53-30(18-24(3)48-53)38(57)46-40-44-28-20-26(36(42)55)22-32(59-5)34(28)51(40)10-8-9-11-52-35-29(45-41(52)47-39(58)31-19-25(4)49-54(31)7-2)21-27(37(43)56)23-33(35)61-17-14-50-12-15-60-16-13-50/h8-9,18-23H,6-7,10-17H2,1-5H3,(H2,42,55)(H2,43,56)(H,44,46,57)(H,45,47,58)/b9-8+. The highest BCUT2D eigenvalue weighted by atomic mass is 32.2. The summed E-state index contributed by atoms with van der Waals surface area (Å²) >= 11 is 1.58. The summed E-state index contributed by atoms with van der Waals surface area (Å²) in [6, 6.07) is 9.89. The first-order valence-electron chi connectivity index (χ1n) is 19.9. The maximum absolute atomic E-state index is 13.8. The van der Waals surface area contributed by atoms with Crippen molar-refractivity contribution in [1.29, 1.82) is 0 Å². The number of primary amides is 2. The van der Waals surface area contributed by atoms with E-state index in [1.165, 1.54) is 13.2 Å². The van der Waals surface area contributed by atoms with Gasteiger partial charge in [-0.3, -0.25) is 44.1 Å². The third-order valence-electron chi connectivity index (χ3n) is 10.2. The van der Waals surface area contributed by atoms with Crippen LogP contribution in [0.15, 0.2) is 53.4 Å². The first-order chi connectivity index (χ1) is 29.4. The summed E-state index contributed by atoms with van der Waals surface area (Å²) in [6.07, 6.45) is 3.78. The molecule has 0 aliphatic carbocycles. The molecule has 0 unspecified atom stereocenters. The molecule has 4 aromatic heterocycles. The van der Waals surface area contributed by atoms with E-state index in [4.69, 9.17) is 30.9 Å². The van der Waals surface area contributed by atoms with Crippen molar-refractivity contribution in [2.75, 3.05) is 56.3 Å². The van der Waals surface area contributed by atoms with E-state index in [1.807, 2.05) is 44.4 Å². The molecule has 20 heteroatoms. The SMILES string of the molecule is CCn1nc(C)cc1C(=O)Nc1nc2cc(C(N)=O)cc(OC)c2n1C/C=C/Cn1c(NC(=O)c2cc(C)nn2CC)nc2cc(C(N)=O)cc(SCCN3CCOCC3)c21. The first kappa shape index (κ1) is 42.6. The summed E-state index contributed by atoms with van der Waals surface area (Å²) in [5, 5.41) is 14.8. The third kappa shape index (κ3) is 9.15. The van der Waals surface area contributed by atoms with Gasteiger partial charge in [0.1, 0.15) is 22.7 Å². The van der Waals surface area contributed by atoms with Gasteiger partial charge in [-0.15, -0.1) is 11.8 Å². The number of thioether (sulfide) groups is 1. The van der Waals surface area contributed by atoms with Gasteiger partial charge in [0.05, 0.1) is 48.3 Å². The van der Waals surface area contributed by atoms with Crippen molar-refractivity contribution < 1.29 is 28.7 Å². The topological polar surface area (TPSA) is 237 Å². The number of fused-ring (bicyclic) bond motifs is 2. The van der Waals surface area contributed by atoms with Gasteiger partial charge in [0, 0.05) is 67.6 Å². The smallest absolute Gasteiger partial charge is 0.276 e. The Labute approximate surface area is 355 Å². The van der Waals surface area contributed by atoms with Crippen LogP contribution in [0.4, 0.5) is 11.9 Å². The van der Waals surface area contributed by atoms with Gasteiger partial charge in [-0.05, 0) is 64.1 Å². The Bertz CT molecular complexity index is 2670. The number of hydrogen-bond donors (Lipinski definition) is 4. The zero-order valence-corrected chi connectivity index (χ0v) is 35.5. The maximum Gasteiger partial charge on any atom is 0.276 e. The summed E-state index contributed by atoms with van der Waals surface area (Å²) in [6.45, 7) is 12.7. The summed E-state index contributed by atoms with van der Waals surface area (Å²) < 4.78 is 18.1. The number of amides is 4. The third-order valence-corrected chi connectivity index (χ3v) is 11.2. The molecule has 7 rings (SSSR count). The molecule has 1 saturated heterocycles. The van der Waals surface area contributed by atoms with Crippen LogP contribution in [0.2, 0.25) is 0 Å². The number of imidazole rings is 2. The first-order valence-corrected chi connectivity index (χ1v) is 20.9. The fraction of sp³-hybridized carbons (Fsp3) is 0.366. The zero-order chi connectivity index (χ0) is 43.4. The predicted molar refractivity (Wildman–Crippen MR) is 231 cm³/mol. The normalized spacial score (nSPS) is 13.4. The number of carbonyl (C=O) groups excluding carboxylic acids is 4. The lowest BCUT2D eigenvalue weighted by atomic mass is 10.1. The van der Waals surface area contributed by atoms with E-state index < -0.39 is 23.6 Å². The molecule has 0 saturated carbocycles. The number of anilines is 2. The summed E-state index contributed by atoms with van der Waals surface area (Å²) in [5.41, 5.74) is 16.2. The van der Waals surface area contributed by atoms with E-state index >= 15 is 0 Å². The molecule has 0 radical (unpaired) electrons. The lowest BCUT2D eigenvalue weighted by Crippen LogP contribution is -2.37. The van der Waals surface area contributed by atoms with Gasteiger partial charge in [0.2, 0.25) is 23.7 Å². The van der Waals surface area contributed by atoms with Crippen molar-refractivity contribution in [2.24, 2.45) is 11.5 Å². The van der Waals surface area contributed by atoms with E-state index in [1.54, 1.807) is 56.0 Å². The van der Waals surface area contributed by atoms with Crippen molar-refractivity contribution in [1.82, 2.24) is 43.6 Å². The van der Waals surface area contributed by atoms with Crippen LogP contribution in [0.3, 0.4) is 0 Å². The quantitative estimate of drug-likeness (QED) is 0.0757. The van der Waals surface area contributed by atoms with Crippen LogP contribution < -0.4 is 26.8 Å². The Morgan fingerprint density at radius 1 is 0.770 bits per heavy atom. The second-order valence-electron chi connectivity index (χ2n) is 14.4. The average molecular weight is 852 g/mol. The lowest BCUT2D eigenvalue weighted by Gasteiger charge is -2.26. The number of rotatable bonds is 17.